The lowest BCUT2D eigenvalue weighted by Gasteiger charge is -2.31. The zero-order chi connectivity index (χ0) is 25.7. The maximum absolute atomic E-state index is 13.6. The lowest BCUT2D eigenvalue weighted by molar-refractivity contribution is -0.152. The topological polar surface area (TPSA) is 101 Å². The van der Waals surface area contributed by atoms with Gasteiger partial charge in [0, 0.05) is 31.6 Å². The SMILES string of the molecule is CCOC(=O)C(=O)Nc1c(C(=O)N(CC)CC)sc2nc(N3CCOCC3)c3c(c12)CCCCCC3. The van der Waals surface area contributed by atoms with E-state index in [1.807, 2.05) is 13.8 Å². The third kappa shape index (κ3) is 5.34. The van der Waals surface area contributed by atoms with Crippen molar-refractivity contribution < 1.29 is 23.9 Å². The number of ether oxygens (including phenoxy) is 2. The van der Waals surface area contributed by atoms with Crippen LogP contribution in [-0.4, -0.2) is 73.7 Å². The molecule has 0 spiro atoms. The molecule has 196 valence electrons. The third-order valence-electron chi connectivity index (χ3n) is 6.89. The van der Waals surface area contributed by atoms with Crippen LogP contribution < -0.4 is 10.2 Å². The van der Waals surface area contributed by atoms with Gasteiger partial charge in [0.25, 0.3) is 5.91 Å². The number of morpholine rings is 1. The van der Waals surface area contributed by atoms with Gasteiger partial charge in [0.05, 0.1) is 25.5 Å². The quantitative estimate of drug-likeness (QED) is 0.461. The molecule has 2 aliphatic rings. The van der Waals surface area contributed by atoms with Crippen molar-refractivity contribution in [2.24, 2.45) is 0 Å². The number of thiophene rings is 1. The van der Waals surface area contributed by atoms with Gasteiger partial charge in [0.2, 0.25) is 0 Å². The van der Waals surface area contributed by atoms with Crippen LogP contribution in [-0.2, 0) is 31.9 Å². The number of nitrogens with one attached hydrogen (secondary N) is 1. The van der Waals surface area contributed by atoms with Crippen LogP contribution in [0.25, 0.3) is 10.2 Å². The monoisotopic (exact) mass is 516 g/mol. The van der Waals surface area contributed by atoms with Crippen molar-refractivity contribution in [1.29, 1.82) is 0 Å². The van der Waals surface area contributed by atoms with Crippen LogP contribution in [0.3, 0.4) is 0 Å². The van der Waals surface area contributed by atoms with E-state index >= 15 is 0 Å². The van der Waals surface area contributed by atoms with Crippen molar-refractivity contribution in [3.8, 4) is 0 Å². The summed E-state index contributed by atoms with van der Waals surface area (Å²) in [7, 11) is 0. The molecular weight excluding hydrogens is 480 g/mol. The van der Waals surface area contributed by atoms with Gasteiger partial charge in [0.1, 0.15) is 15.5 Å². The molecule has 2 aromatic rings. The Morgan fingerprint density at radius 3 is 2.33 bits per heavy atom. The van der Waals surface area contributed by atoms with Crippen molar-refractivity contribution in [1.82, 2.24) is 9.88 Å². The minimum atomic E-state index is -0.959. The van der Waals surface area contributed by atoms with Gasteiger partial charge in [-0.3, -0.25) is 9.59 Å². The first-order valence-electron chi connectivity index (χ1n) is 13.1. The first-order valence-corrected chi connectivity index (χ1v) is 13.9. The van der Waals surface area contributed by atoms with Crippen molar-refractivity contribution in [2.45, 2.75) is 59.3 Å². The van der Waals surface area contributed by atoms with Gasteiger partial charge >= 0.3 is 11.9 Å². The highest BCUT2D eigenvalue weighted by atomic mass is 32.1. The maximum Gasteiger partial charge on any atom is 0.397 e. The van der Waals surface area contributed by atoms with Crippen molar-refractivity contribution >= 4 is 50.8 Å². The van der Waals surface area contributed by atoms with E-state index in [2.05, 4.69) is 10.2 Å². The van der Waals surface area contributed by atoms with E-state index in [0.717, 1.165) is 62.0 Å². The molecule has 0 saturated carbocycles. The van der Waals surface area contributed by atoms with Crippen LogP contribution >= 0.6 is 11.3 Å². The van der Waals surface area contributed by atoms with E-state index < -0.39 is 11.9 Å². The molecule has 1 N–H and O–H groups in total. The highest BCUT2D eigenvalue weighted by Crippen LogP contribution is 2.43. The highest BCUT2D eigenvalue weighted by molar-refractivity contribution is 7.21. The predicted molar refractivity (Wildman–Crippen MR) is 141 cm³/mol. The predicted octanol–water partition coefficient (Wildman–Crippen LogP) is 3.78. The first kappa shape index (κ1) is 26.3. The molecule has 4 rings (SSSR count). The Kier molecular flexibility index (Phi) is 8.79. The maximum atomic E-state index is 13.6. The number of anilines is 2. The van der Waals surface area contributed by atoms with Crippen LogP contribution in [0, 0.1) is 0 Å². The van der Waals surface area contributed by atoms with E-state index in [4.69, 9.17) is 14.5 Å². The normalized spacial score (nSPS) is 16.1. The number of carbonyl (C=O) groups is 3. The van der Waals surface area contributed by atoms with Gasteiger partial charge in [0.15, 0.2) is 0 Å². The zero-order valence-corrected chi connectivity index (χ0v) is 22.3. The summed E-state index contributed by atoms with van der Waals surface area (Å²) >= 11 is 1.29. The second kappa shape index (κ2) is 12.0. The summed E-state index contributed by atoms with van der Waals surface area (Å²) in [6, 6.07) is 0. The molecule has 1 aliphatic carbocycles. The minimum absolute atomic E-state index is 0.0989. The third-order valence-corrected chi connectivity index (χ3v) is 7.96. The smallest absolute Gasteiger partial charge is 0.397 e. The molecule has 2 amide bonds. The molecule has 0 unspecified atom stereocenters. The van der Waals surface area contributed by atoms with Crippen molar-refractivity contribution in [2.75, 3.05) is 56.2 Å². The fourth-order valence-electron chi connectivity index (χ4n) is 5.05. The largest absolute Gasteiger partial charge is 0.459 e. The van der Waals surface area contributed by atoms with Crippen molar-refractivity contribution in [3.05, 3.63) is 16.0 Å². The Labute approximate surface area is 216 Å². The molecule has 2 aromatic heterocycles. The van der Waals surface area contributed by atoms with Crippen LogP contribution in [0.2, 0.25) is 0 Å². The second-order valence-electron chi connectivity index (χ2n) is 9.04. The molecule has 0 aromatic carbocycles. The number of aromatic nitrogens is 1. The fraction of sp³-hybridized carbons (Fsp3) is 0.615. The minimum Gasteiger partial charge on any atom is -0.459 e. The number of pyridine rings is 1. The molecule has 36 heavy (non-hydrogen) atoms. The summed E-state index contributed by atoms with van der Waals surface area (Å²) in [5.41, 5.74) is 2.72. The van der Waals surface area contributed by atoms with Gasteiger partial charge in [-0.05, 0) is 57.6 Å². The van der Waals surface area contributed by atoms with Gasteiger partial charge in [-0.2, -0.15) is 0 Å². The number of hydrogen-bond donors (Lipinski definition) is 1. The average Bonchev–Trinajstić information content (AvgIpc) is 3.23. The number of rotatable bonds is 6. The van der Waals surface area contributed by atoms with Crippen LogP contribution in [0.4, 0.5) is 11.5 Å². The summed E-state index contributed by atoms with van der Waals surface area (Å²) < 4.78 is 10.5. The van der Waals surface area contributed by atoms with E-state index in [-0.39, 0.29) is 12.5 Å². The second-order valence-corrected chi connectivity index (χ2v) is 10.0. The molecule has 9 nitrogen and oxygen atoms in total. The lowest BCUT2D eigenvalue weighted by atomic mass is 9.91. The average molecular weight is 517 g/mol. The highest BCUT2D eigenvalue weighted by Gasteiger charge is 2.31. The van der Waals surface area contributed by atoms with E-state index in [9.17, 15) is 14.4 Å². The van der Waals surface area contributed by atoms with Gasteiger partial charge in [-0.25, -0.2) is 9.78 Å². The van der Waals surface area contributed by atoms with Crippen molar-refractivity contribution in [3.63, 3.8) is 0 Å². The zero-order valence-electron chi connectivity index (χ0n) is 21.5. The Bertz CT molecular complexity index is 1120. The van der Waals surface area contributed by atoms with E-state index in [1.165, 1.54) is 23.3 Å². The summed E-state index contributed by atoms with van der Waals surface area (Å²) in [5, 5.41) is 3.56. The molecule has 3 heterocycles. The number of carbonyl (C=O) groups excluding carboxylic acids is 3. The van der Waals surface area contributed by atoms with E-state index in [0.29, 0.717) is 41.7 Å². The number of fused-ring (bicyclic) bond motifs is 3. The van der Waals surface area contributed by atoms with Gasteiger partial charge in [-0.1, -0.05) is 12.8 Å². The molecule has 1 saturated heterocycles. The molecular formula is C26H36N4O5S. The van der Waals surface area contributed by atoms with Crippen LogP contribution in [0.1, 0.15) is 67.3 Å². The number of aryl methyl sites for hydroxylation is 1. The van der Waals surface area contributed by atoms with E-state index in [1.54, 1.807) is 11.8 Å². The summed E-state index contributed by atoms with van der Waals surface area (Å²) in [6.45, 7) is 9.55. The summed E-state index contributed by atoms with van der Waals surface area (Å²) in [4.78, 5) is 48.8. The fourth-order valence-corrected chi connectivity index (χ4v) is 6.17. The number of hydrogen-bond acceptors (Lipinski definition) is 8. The molecule has 10 heteroatoms. The van der Waals surface area contributed by atoms with Crippen LogP contribution in [0.15, 0.2) is 0 Å². The number of esters is 1. The number of amides is 2. The molecule has 0 radical (unpaired) electrons. The van der Waals surface area contributed by atoms with Crippen LogP contribution in [0.5, 0.6) is 0 Å². The standard InChI is InChI=1S/C26H36N4O5S/c1-4-29(5-2)25(32)21-20(27-23(31)26(33)35-6-3)19-17-11-9-7-8-10-12-18(17)22(28-24(19)36-21)30-13-15-34-16-14-30/h4-16H2,1-3H3,(H,27,31). The molecule has 0 bridgehead atoms. The number of nitrogens with zero attached hydrogens (tertiary/aromatic N) is 3. The van der Waals surface area contributed by atoms with Gasteiger partial charge < -0.3 is 24.6 Å². The molecule has 1 fully saturated rings. The molecule has 0 atom stereocenters. The van der Waals surface area contributed by atoms with Gasteiger partial charge in [-0.15, -0.1) is 11.3 Å². The first-order chi connectivity index (χ1) is 17.5. The summed E-state index contributed by atoms with van der Waals surface area (Å²) in [6.07, 6.45) is 6.12. The summed E-state index contributed by atoms with van der Waals surface area (Å²) in [5.74, 6) is -1.04. The Morgan fingerprint density at radius 2 is 1.69 bits per heavy atom. The molecule has 1 aliphatic heterocycles. The lowest BCUT2D eigenvalue weighted by Crippen LogP contribution is -2.37. The Morgan fingerprint density at radius 1 is 1.03 bits per heavy atom. The Hall–Kier alpha value is -2.72. The Balaban J connectivity index is 1.93.